The van der Waals surface area contributed by atoms with E-state index in [1.54, 1.807) is 7.11 Å². The van der Waals surface area contributed by atoms with Crippen molar-refractivity contribution >= 4 is 11.9 Å². The lowest BCUT2D eigenvalue weighted by Gasteiger charge is -2.36. The van der Waals surface area contributed by atoms with E-state index < -0.39 is 0 Å². The van der Waals surface area contributed by atoms with Crippen molar-refractivity contribution in [3.05, 3.63) is 35.5 Å². The molecule has 1 amide bonds. The number of ether oxygens (including phenoxy) is 5. The van der Waals surface area contributed by atoms with Gasteiger partial charge in [-0.05, 0) is 43.9 Å². The number of carbonyl (C=O) groups excluding carboxylic acids is 2. The highest BCUT2D eigenvalue weighted by molar-refractivity contribution is 5.92. The zero-order chi connectivity index (χ0) is 24.7. The van der Waals surface area contributed by atoms with E-state index in [1.165, 1.54) is 27.2 Å². The van der Waals surface area contributed by atoms with Crippen LogP contribution in [-0.2, 0) is 9.53 Å². The monoisotopic (exact) mass is 473 g/mol. The van der Waals surface area contributed by atoms with Crippen LogP contribution in [0.3, 0.4) is 0 Å². The molecule has 2 aromatic rings. The molecule has 10 heteroatoms. The molecule has 34 heavy (non-hydrogen) atoms. The Kier molecular flexibility index (Phi) is 8.50. The molecule has 1 aliphatic carbocycles. The highest BCUT2D eigenvalue weighted by atomic mass is 16.5. The molecule has 1 aromatic heterocycles. The fourth-order valence-electron chi connectivity index (χ4n) is 4.17. The molecule has 1 aliphatic rings. The quantitative estimate of drug-likeness (QED) is 0.548. The Morgan fingerprint density at radius 1 is 1.03 bits per heavy atom. The lowest BCUT2D eigenvalue weighted by Crippen LogP contribution is -2.44. The van der Waals surface area contributed by atoms with Gasteiger partial charge in [-0.1, -0.05) is 6.07 Å². The summed E-state index contributed by atoms with van der Waals surface area (Å²) >= 11 is 0. The van der Waals surface area contributed by atoms with Gasteiger partial charge in [-0.15, -0.1) is 0 Å². The first-order valence-electron chi connectivity index (χ1n) is 11.1. The molecule has 0 spiro atoms. The summed E-state index contributed by atoms with van der Waals surface area (Å²) < 4.78 is 26.9. The number of hydrogen-bond acceptors (Lipinski definition) is 9. The first-order chi connectivity index (χ1) is 16.4. The van der Waals surface area contributed by atoms with Crippen molar-refractivity contribution in [2.24, 2.45) is 0 Å². The van der Waals surface area contributed by atoms with Crippen LogP contribution in [0.5, 0.6) is 23.4 Å². The van der Waals surface area contributed by atoms with Crippen molar-refractivity contribution in [1.29, 1.82) is 0 Å². The number of nitrogens with zero attached hydrogens (tertiary/aromatic N) is 2. The van der Waals surface area contributed by atoms with E-state index in [4.69, 9.17) is 23.7 Å². The fourth-order valence-corrected chi connectivity index (χ4v) is 4.17. The minimum Gasteiger partial charge on any atom is -0.493 e. The predicted molar refractivity (Wildman–Crippen MR) is 123 cm³/mol. The van der Waals surface area contributed by atoms with Gasteiger partial charge in [0.15, 0.2) is 11.5 Å². The van der Waals surface area contributed by atoms with Gasteiger partial charge < -0.3 is 29.0 Å². The number of rotatable bonds is 9. The predicted octanol–water partition coefficient (Wildman–Crippen LogP) is 2.90. The zero-order valence-electron chi connectivity index (χ0n) is 20.1. The van der Waals surface area contributed by atoms with Gasteiger partial charge in [0.25, 0.3) is 5.91 Å². The van der Waals surface area contributed by atoms with Crippen LogP contribution in [0, 0.1) is 0 Å². The summed E-state index contributed by atoms with van der Waals surface area (Å²) in [5.74, 6) is 0.641. The van der Waals surface area contributed by atoms with Gasteiger partial charge in [0, 0.05) is 24.9 Å². The third-order valence-corrected chi connectivity index (χ3v) is 5.67. The average molecular weight is 474 g/mol. The number of aromatic nitrogens is 2. The Labute approximate surface area is 198 Å². The van der Waals surface area contributed by atoms with Gasteiger partial charge in [0.1, 0.15) is 11.8 Å². The molecule has 1 heterocycles. The molecule has 0 radical (unpaired) electrons. The normalized spacial score (nSPS) is 19.6. The van der Waals surface area contributed by atoms with E-state index in [0.29, 0.717) is 37.4 Å². The molecule has 0 saturated heterocycles. The Balaban J connectivity index is 1.90. The van der Waals surface area contributed by atoms with Gasteiger partial charge in [-0.25, -0.2) is 0 Å². The largest absolute Gasteiger partial charge is 0.493 e. The topological polar surface area (TPSA) is 118 Å². The smallest absolute Gasteiger partial charge is 0.320 e. The van der Waals surface area contributed by atoms with E-state index in [2.05, 4.69) is 15.3 Å². The molecule has 0 unspecified atom stereocenters. The molecule has 10 nitrogen and oxygen atoms in total. The van der Waals surface area contributed by atoms with E-state index in [9.17, 15) is 9.59 Å². The molecule has 3 atom stereocenters. The van der Waals surface area contributed by atoms with Gasteiger partial charge in [0.2, 0.25) is 5.88 Å². The maximum Gasteiger partial charge on any atom is 0.320 e. The first-order valence-corrected chi connectivity index (χ1v) is 11.1. The lowest BCUT2D eigenvalue weighted by molar-refractivity contribution is -0.148. The second-order valence-electron chi connectivity index (χ2n) is 7.86. The number of esters is 1. The number of methoxy groups -OCH3 is 3. The summed E-state index contributed by atoms with van der Waals surface area (Å²) in [6.45, 7) is 3.79. The third-order valence-electron chi connectivity index (χ3n) is 5.67. The van der Waals surface area contributed by atoms with Crippen LogP contribution in [0.2, 0.25) is 0 Å². The van der Waals surface area contributed by atoms with Crippen LogP contribution in [0.4, 0.5) is 0 Å². The van der Waals surface area contributed by atoms with Crippen LogP contribution in [0.15, 0.2) is 24.3 Å². The van der Waals surface area contributed by atoms with Crippen LogP contribution in [0.25, 0.3) is 0 Å². The highest BCUT2D eigenvalue weighted by Crippen LogP contribution is 2.39. The summed E-state index contributed by atoms with van der Waals surface area (Å²) in [7, 11) is 4.46. The van der Waals surface area contributed by atoms with Crippen molar-refractivity contribution in [2.45, 2.75) is 51.2 Å². The zero-order valence-corrected chi connectivity index (χ0v) is 20.1. The molecule has 1 fully saturated rings. The maximum absolute atomic E-state index is 13.1. The van der Waals surface area contributed by atoms with Crippen LogP contribution < -0.4 is 24.3 Å². The minimum absolute atomic E-state index is 0.0381. The average Bonchev–Trinajstić information content (AvgIpc) is 2.84. The molecule has 184 valence electrons. The highest BCUT2D eigenvalue weighted by Gasteiger charge is 2.35. The molecular formula is C24H31N3O7. The molecule has 0 aliphatic heterocycles. The van der Waals surface area contributed by atoms with Gasteiger partial charge in [-0.2, -0.15) is 9.97 Å². The summed E-state index contributed by atoms with van der Waals surface area (Å²) in [5, 5.41) is 3.09. The van der Waals surface area contributed by atoms with Crippen molar-refractivity contribution < 1.29 is 33.3 Å². The Hall–Kier alpha value is -3.56. The second-order valence-corrected chi connectivity index (χ2v) is 7.86. The number of benzene rings is 1. The van der Waals surface area contributed by atoms with Crippen molar-refractivity contribution in [1.82, 2.24) is 15.3 Å². The SMILES string of the molecule is CCOc1cc([C@H]2C[C@H](OC(C)=O)CC[C@H]2NC(=O)c2cc(OC)nc(OC)n2)ccc1OC. The van der Waals surface area contributed by atoms with Gasteiger partial charge >= 0.3 is 12.0 Å². The summed E-state index contributed by atoms with van der Waals surface area (Å²) in [4.78, 5) is 32.9. The summed E-state index contributed by atoms with van der Waals surface area (Å²) in [5.41, 5.74) is 1.08. The van der Waals surface area contributed by atoms with Crippen LogP contribution in [0.1, 0.15) is 55.1 Å². The summed E-state index contributed by atoms with van der Waals surface area (Å²) in [6.07, 6.45) is 1.56. The van der Waals surface area contributed by atoms with Crippen molar-refractivity contribution in [3.8, 4) is 23.4 Å². The maximum atomic E-state index is 13.1. The second kappa shape index (κ2) is 11.5. The molecular weight excluding hydrogens is 442 g/mol. The lowest BCUT2D eigenvalue weighted by atomic mass is 9.78. The van der Waals surface area contributed by atoms with Crippen molar-refractivity contribution in [3.63, 3.8) is 0 Å². The van der Waals surface area contributed by atoms with E-state index >= 15 is 0 Å². The Morgan fingerprint density at radius 2 is 1.82 bits per heavy atom. The van der Waals surface area contributed by atoms with Gasteiger partial charge in [0.05, 0.1) is 27.9 Å². The summed E-state index contributed by atoms with van der Waals surface area (Å²) in [6, 6.07) is 6.97. The van der Waals surface area contributed by atoms with Crippen molar-refractivity contribution in [2.75, 3.05) is 27.9 Å². The third kappa shape index (κ3) is 6.06. The molecule has 1 aromatic carbocycles. The van der Waals surface area contributed by atoms with Gasteiger partial charge in [-0.3, -0.25) is 9.59 Å². The van der Waals surface area contributed by atoms with Crippen LogP contribution in [-0.4, -0.2) is 61.9 Å². The molecule has 1 saturated carbocycles. The van der Waals surface area contributed by atoms with Crippen LogP contribution >= 0.6 is 0 Å². The van der Waals surface area contributed by atoms with E-state index in [-0.39, 0.29) is 47.5 Å². The first kappa shape index (κ1) is 25.1. The molecule has 0 bridgehead atoms. The Bertz CT molecular complexity index is 992. The standard InChI is InChI=1S/C24H31N3O7/c1-6-33-21-11-15(7-10-20(21)30-3)17-12-16(34-14(2)28)8-9-18(17)25-23(29)19-13-22(31-4)27-24(26-19)32-5/h7,10-11,13,16-18H,6,8-9,12H2,1-5H3,(H,25,29)/t16-,17-,18-/m1/s1. The molecule has 1 N–H and O–H groups in total. The number of hydrogen-bond donors (Lipinski definition) is 1. The number of nitrogens with one attached hydrogen (secondary N) is 1. The minimum atomic E-state index is -0.376. The van der Waals surface area contributed by atoms with E-state index in [0.717, 1.165) is 5.56 Å². The van der Waals surface area contributed by atoms with E-state index in [1.807, 2.05) is 25.1 Å². The number of amides is 1. The molecule has 3 rings (SSSR count). The number of carbonyl (C=O) groups is 2. The fraction of sp³-hybridized carbons (Fsp3) is 0.500. The Morgan fingerprint density at radius 3 is 2.47 bits per heavy atom.